The van der Waals surface area contributed by atoms with E-state index in [0.717, 1.165) is 15.8 Å². The number of thiophene rings is 1. The molecule has 0 fully saturated rings. The molecular formula is C18H22BrN3O5S. The fourth-order valence-electron chi connectivity index (χ4n) is 2.57. The Kier molecular flexibility index (Phi) is 7.76. The van der Waals surface area contributed by atoms with E-state index in [-0.39, 0.29) is 28.0 Å². The molecule has 0 aliphatic heterocycles. The van der Waals surface area contributed by atoms with Crippen LogP contribution in [0.15, 0.2) is 16.9 Å². The smallest absolute Gasteiger partial charge is 0.348 e. The van der Waals surface area contributed by atoms with Crippen molar-refractivity contribution in [3.05, 3.63) is 32.9 Å². The van der Waals surface area contributed by atoms with Crippen LogP contribution in [0.1, 0.15) is 58.3 Å². The van der Waals surface area contributed by atoms with E-state index in [1.165, 1.54) is 11.8 Å². The molecule has 8 nitrogen and oxygen atoms in total. The number of anilines is 1. The Morgan fingerprint density at radius 2 is 2.04 bits per heavy atom. The van der Waals surface area contributed by atoms with Crippen LogP contribution in [0, 0.1) is 6.92 Å². The molecule has 0 aliphatic rings. The van der Waals surface area contributed by atoms with Gasteiger partial charge in [-0.05, 0) is 41.3 Å². The summed E-state index contributed by atoms with van der Waals surface area (Å²) in [6.45, 7) is 5.61. The molecule has 28 heavy (non-hydrogen) atoms. The maximum absolute atomic E-state index is 12.9. The predicted octanol–water partition coefficient (Wildman–Crippen LogP) is 3.96. The van der Waals surface area contributed by atoms with Gasteiger partial charge in [0.15, 0.2) is 0 Å². The van der Waals surface area contributed by atoms with Crippen molar-refractivity contribution >= 4 is 50.1 Å². The zero-order valence-electron chi connectivity index (χ0n) is 16.1. The van der Waals surface area contributed by atoms with Gasteiger partial charge >= 0.3 is 11.9 Å². The highest BCUT2D eigenvalue weighted by Gasteiger charge is 2.29. The van der Waals surface area contributed by atoms with E-state index in [1.54, 1.807) is 19.3 Å². The van der Waals surface area contributed by atoms with Gasteiger partial charge in [-0.15, -0.1) is 11.3 Å². The van der Waals surface area contributed by atoms with Crippen molar-refractivity contribution in [2.24, 2.45) is 0 Å². The summed E-state index contributed by atoms with van der Waals surface area (Å²) in [7, 11) is 1.26. The Morgan fingerprint density at radius 1 is 1.32 bits per heavy atom. The van der Waals surface area contributed by atoms with Gasteiger partial charge in [-0.3, -0.25) is 9.48 Å². The predicted molar refractivity (Wildman–Crippen MR) is 109 cm³/mol. The molecule has 1 atom stereocenters. The van der Waals surface area contributed by atoms with Crippen molar-refractivity contribution in [1.82, 2.24) is 9.78 Å². The molecule has 1 amide bonds. The van der Waals surface area contributed by atoms with Crippen LogP contribution in [0.4, 0.5) is 5.00 Å². The summed E-state index contributed by atoms with van der Waals surface area (Å²) in [5.74, 6) is -1.51. The van der Waals surface area contributed by atoms with Gasteiger partial charge in [0.05, 0.1) is 29.9 Å². The number of carbonyl (C=O) groups is 3. The molecule has 1 unspecified atom stereocenters. The summed E-state index contributed by atoms with van der Waals surface area (Å²) in [6, 6.07) is -0.574. The lowest BCUT2D eigenvalue weighted by Crippen LogP contribution is -2.26. The standard InChI is InChI=1S/C18H22BrN3O5S/c1-5-7-27-17(24)13-10(3)14(18(25)26-4)28-16(13)21-15(23)12(6-2)22-9-11(19)8-20-22/h8-9,12H,5-7H2,1-4H3,(H,21,23). The molecule has 2 heterocycles. The second kappa shape index (κ2) is 9.83. The molecule has 0 aromatic carbocycles. The lowest BCUT2D eigenvalue weighted by Gasteiger charge is -2.15. The number of nitrogens with zero attached hydrogens (tertiary/aromatic N) is 2. The molecule has 1 N–H and O–H groups in total. The molecule has 0 saturated heterocycles. The highest BCUT2D eigenvalue weighted by Crippen LogP contribution is 2.35. The topological polar surface area (TPSA) is 99.5 Å². The maximum atomic E-state index is 12.9. The van der Waals surface area contributed by atoms with E-state index in [0.29, 0.717) is 18.4 Å². The molecule has 0 saturated carbocycles. The van der Waals surface area contributed by atoms with Gasteiger partial charge in [0, 0.05) is 6.20 Å². The normalized spacial score (nSPS) is 11.8. The average Bonchev–Trinajstić information content (AvgIpc) is 3.23. The molecule has 0 bridgehead atoms. The van der Waals surface area contributed by atoms with Crippen molar-refractivity contribution < 1.29 is 23.9 Å². The number of rotatable bonds is 8. The zero-order valence-corrected chi connectivity index (χ0v) is 18.5. The SMILES string of the molecule is CCCOC(=O)c1c(NC(=O)C(CC)n2cc(Br)cn2)sc(C(=O)OC)c1C. The number of amides is 1. The van der Waals surface area contributed by atoms with Gasteiger partial charge < -0.3 is 14.8 Å². The Labute approximate surface area is 175 Å². The zero-order chi connectivity index (χ0) is 20.8. The van der Waals surface area contributed by atoms with Crippen LogP contribution >= 0.6 is 27.3 Å². The van der Waals surface area contributed by atoms with Gasteiger partial charge in [-0.2, -0.15) is 5.10 Å². The summed E-state index contributed by atoms with van der Waals surface area (Å²) < 4.78 is 12.3. The van der Waals surface area contributed by atoms with E-state index in [9.17, 15) is 14.4 Å². The van der Waals surface area contributed by atoms with Crippen molar-refractivity contribution in [3.8, 4) is 0 Å². The van der Waals surface area contributed by atoms with Crippen LogP contribution in [-0.4, -0.2) is 41.3 Å². The molecular weight excluding hydrogens is 450 g/mol. The number of hydrogen-bond acceptors (Lipinski definition) is 7. The van der Waals surface area contributed by atoms with Crippen LogP contribution < -0.4 is 5.32 Å². The molecule has 152 valence electrons. The summed E-state index contributed by atoms with van der Waals surface area (Å²) >= 11 is 4.30. The third kappa shape index (κ3) is 4.79. The minimum atomic E-state index is -0.587. The van der Waals surface area contributed by atoms with Crippen molar-refractivity contribution in [2.45, 2.75) is 39.7 Å². The number of halogens is 1. The first-order valence-electron chi connectivity index (χ1n) is 8.73. The number of esters is 2. The van der Waals surface area contributed by atoms with Gasteiger partial charge in [-0.25, -0.2) is 9.59 Å². The van der Waals surface area contributed by atoms with Crippen LogP contribution in [0.2, 0.25) is 0 Å². The van der Waals surface area contributed by atoms with Gasteiger partial charge in [0.25, 0.3) is 0 Å². The maximum Gasteiger partial charge on any atom is 0.348 e. The molecule has 0 aliphatic carbocycles. The van der Waals surface area contributed by atoms with E-state index >= 15 is 0 Å². The lowest BCUT2D eigenvalue weighted by molar-refractivity contribution is -0.119. The first-order valence-corrected chi connectivity index (χ1v) is 10.3. The molecule has 10 heteroatoms. The number of aromatic nitrogens is 2. The van der Waals surface area contributed by atoms with E-state index in [1.807, 2.05) is 13.8 Å². The fraction of sp³-hybridized carbons (Fsp3) is 0.444. The molecule has 0 radical (unpaired) electrons. The van der Waals surface area contributed by atoms with Crippen LogP contribution in [0.3, 0.4) is 0 Å². The van der Waals surface area contributed by atoms with Crippen LogP contribution in [0.5, 0.6) is 0 Å². The summed E-state index contributed by atoms with van der Waals surface area (Å²) in [5.41, 5.74) is 0.590. The van der Waals surface area contributed by atoms with E-state index in [4.69, 9.17) is 9.47 Å². The van der Waals surface area contributed by atoms with Crippen LogP contribution in [0.25, 0.3) is 0 Å². The first-order chi connectivity index (χ1) is 13.3. The van der Waals surface area contributed by atoms with Crippen molar-refractivity contribution in [1.29, 1.82) is 0 Å². The van der Waals surface area contributed by atoms with Crippen LogP contribution in [-0.2, 0) is 14.3 Å². The van der Waals surface area contributed by atoms with Gasteiger partial charge in [0.1, 0.15) is 15.9 Å². The average molecular weight is 472 g/mol. The lowest BCUT2D eigenvalue weighted by atomic mass is 10.1. The highest BCUT2D eigenvalue weighted by atomic mass is 79.9. The third-order valence-corrected chi connectivity index (χ3v) is 5.57. The fourth-order valence-corrected chi connectivity index (χ4v) is 3.99. The van der Waals surface area contributed by atoms with E-state index in [2.05, 4.69) is 26.3 Å². The molecule has 2 rings (SSSR count). The molecule has 2 aromatic heterocycles. The number of ether oxygens (including phenoxy) is 2. The van der Waals surface area contributed by atoms with Gasteiger partial charge in [-0.1, -0.05) is 13.8 Å². The largest absolute Gasteiger partial charge is 0.465 e. The number of nitrogens with one attached hydrogen (secondary N) is 1. The van der Waals surface area contributed by atoms with Crippen molar-refractivity contribution in [2.75, 3.05) is 19.0 Å². The number of methoxy groups -OCH3 is 1. The second-order valence-corrected chi connectivity index (χ2v) is 7.88. The Hall–Kier alpha value is -2.20. The number of hydrogen-bond donors (Lipinski definition) is 1. The quantitative estimate of drug-likeness (QED) is 0.584. The third-order valence-electron chi connectivity index (χ3n) is 3.97. The Balaban J connectivity index is 2.38. The Bertz CT molecular complexity index is 877. The monoisotopic (exact) mass is 471 g/mol. The summed E-state index contributed by atoms with van der Waals surface area (Å²) in [6.07, 6.45) is 4.44. The summed E-state index contributed by atoms with van der Waals surface area (Å²) in [4.78, 5) is 37.7. The van der Waals surface area contributed by atoms with Gasteiger partial charge in [0.2, 0.25) is 5.91 Å². The molecule has 0 spiro atoms. The minimum absolute atomic E-state index is 0.170. The van der Waals surface area contributed by atoms with E-state index < -0.39 is 18.0 Å². The minimum Gasteiger partial charge on any atom is -0.465 e. The second-order valence-electron chi connectivity index (χ2n) is 5.94. The number of carbonyl (C=O) groups excluding carboxylic acids is 3. The summed E-state index contributed by atoms with van der Waals surface area (Å²) in [5, 5.41) is 7.18. The first kappa shape index (κ1) is 22.1. The highest BCUT2D eigenvalue weighted by molar-refractivity contribution is 9.10. The van der Waals surface area contributed by atoms with Crippen molar-refractivity contribution in [3.63, 3.8) is 0 Å². The Morgan fingerprint density at radius 3 is 2.57 bits per heavy atom. The molecule has 2 aromatic rings.